The maximum absolute atomic E-state index is 12.2. The number of nitrogens with one attached hydrogen (secondary N) is 2. The highest BCUT2D eigenvalue weighted by Gasteiger charge is 2.14. The fraction of sp³-hybridized carbons (Fsp3) is 0.316. The first kappa shape index (κ1) is 18.4. The smallest absolute Gasteiger partial charge is 0.319 e. The van der Waals surface area contributed by atoms with Gasteiger partial charge in [-0.1, -0.05) is 29.3 Å². The number of anilines is 1. The Hall–Kier alpha value is -2.89. The first-order valence-corrected chi connectivity index (χ1v) is 7.89. The predicted molar refractivity (Wildman–Crippen MR) is 97.9 cm³/mol. The lowest BCUT2D eigenvalue weighted by Gasteiger charge is -2.15. The standard InChI is InChI=1S/C19H24N2O4/c1-12-6-13(2)8-14(7-12)11-20-19(22)21-15-9-16(23-3)18(25-5)17(10-15)24-4/h6-10H,11H2,1-5H3,(H2,20,21,22). The van der Waals surface area contributed by atoms with Gasteiger partial charge in [0.15, 0.2) is 11.5 Å². The Labute approximate surface area is 148 Å². The van der Waals surface area contributed by atoms with Crippen LogP contribution < -0.4 is 24.8 Å². The second-order valence-corrected chi connectivity index (χ2v) is 5.72. The van der Waals surface area contributed by atoms with E-state index in [0.717, 1.165) is 5.56 Å². The van der Waals surface area contributed by atoms with Gasteiger partial charge in [-0.15, -0.1) is 0 Å². The Morgan fingerprint density at radius 2 is 1.44 bits per heavy atom. The zero-order valence-corrected chi connectivity index (χ0v) is 15.2. The summed E-state index contributed by atoms with van der Waals surface area (Å²) in [5.74, 6) is 1.43. The summed E-state index contributed by atoms with van der Waals surface area (Å²) in [5.41, 5.74) is 3.94. The van der Waals surface area contributed by atoms with Crippen LogP contribution in [0, 0.1) is 13.8 Å². The van der Waals surface area contributed by atoms with Crippen LogP contribution in [0.1, 0.15) is 16.7 Å². The van der Waals surface area contributed by atoms with Crippen LogP contribution in [0.15, 0.2) is 30.3 Å². The van der Waals surface area contributed by atoms with Gasteiger partial charge in [0.2, 0.25) is 5.75 Å². The number of hydrogen-bond donors (Lipinski definition) is 2. The second-order valence-electron chi connectivity index (χ2n) is 5.72. The summed E-state index contributed by atoms with van der Waals surface area (Å²) in [6.45, 7) is 4.51. The molecule has 6 heteroatoms. The van der Waals surface area contributed by atoms with Gasteiger partial charge in [-0.3, -0.25) is 0 Å². The Morgan fingerprint density at radius 1 is 0.880 bits per heavy atom. The topological polar surface area (TPSA) is 68.8 Å². The van der Waals surface area contributed by atoms with Crippen molar-refractivity contribution in [2.45, 2.75) is 20.4 Å². The van der Waals surface area contributed by atoms with Crippen LogP contribution in [0.4, 0.5) is 10.5 Å². The first-order chi connectivity index (χ1) is 12.0. The molecule has 25 heavy (non-hydrogen) atoms. The Morgan fingerprint density at radius 3 is 1.92 bits per heavy atom. The average Bonchev–Trinajstić information content (AvgIpc) is 2.58. The van der Waals surface area contributed by atoms with Crippen molar-refractivity contribution in [2.75, 3.05) is 26.6 Å². The summed E-state index contributed by atoms with van der Waals surface area (Å²) in [6.07, 6.45) is 0. The molecule has 0 spiro atoms. The molecule has 0 fully saturated rings. The molecule has 0 bridgehead atoms. The van der Waals surface area contributed by atoms with Crippen LogP contribution in [0.25, 0.3) is 0 Å². The molecule has 2 aromatic rings. The molecule has 0 unspecified atom stereocenters. The number of hydrogen-bond acceptors (Lipinski definition) is 4. The van der Waals surface area contributed by atoms with Gasteiger partial charge in [0.25, 0.3) is 0 Å². The molecule has 0 aromatic heterocycles. The lowest BCUT2D eigenvalue weighted by Crippen LogP contribution is -2.28. The van der Waals surface area contributed by atoms with Crippen LogP contribution >= 0.6 is 0 Å². The van der Waals surface area contributed by atoms with Gasteiger partial charge in [-0.05, 0) is 19.4 Å². The summed E-state index contributed by atoms with van der Waals surface area (Å²) < 4.78 is 15.8. The van der Waals surface area contributed by atoms with Crippen LogP contribution in [0.5, 0.6) is 17.2 Å². The molecule has 0 aliphatic heterocycles. The van der Waals surface area contributed by atoms with E-state index in [4.69, 9.17) is 14.2 Å². The van der Waals surface area contributed by atoms with E-state index in [2.05, 4.69) is 16.7 Å². The van der Waals surface area contributed by atoms with E-state index in [9.17, 15) is 4.79 Å². The molecule has 134 valence electrons. The molecule has 0 heterocycles. The minimum absolute atomic E-state index is 0.312. The number of carbonyl (C=O) groups is 1. The highest BCUT2D eigenvalue weighted by atomic mass is 16.5. The number of amides is 2. The number of urea groups is 1. The van der Waals surface area contributed by atoms with Crippen molar-refractivity contribution < 1.29 is 19.0 Å². The first-order valence-electron chi connectivity index (χ1n) is 7.89. The quantitative estimate of drug-likeness (QED) is 0.839. The van der Waals surface area contributed by atoms with Crippen molar-refractivity contribution in [1.82, 2.24) is 5.32 Å². The highest BCUT2D eigenvalue weighted by Crippen LogP contribution is 2.39. The molecule has 2 N–H and O–H groups in total. The molecule has 0 saturated heterocycles. The van der Waals surface area contributed by atoms with Crippen molar-refractivity contribution in [3.05, 3.63) is 47.0 Å². The molecule has 6 nitrogen and oxygen atoms in total. The van der Waals surface area contributed by atoms with Crippen LogP contribution in [-0.4, -0.2) is 27.4 Å². The summed E-state index contributed by atoms with van der Waals surface area (Å²) >= 11 is 0. The van der Waals surface area contributed by atoms with E-state index >= 15 is 0 Å². The molecule has 0 aliphatic carbocycles. The Kier molecular flexibility index (Phi) is 6.11. The number of carbonyl (C=O) groups excluding carboxylic acids is 1. The third-order valence-electron chi connectivity index (χ3n) is 3.66. The third kappa shape index (κ3) is 4.79. The van der Waals surface area contributed by atoms with Gasteiger partial charge < -0.3 is 24.8 Å². The zero-order valence-electron chi connectivity index (χ0n) is 15.2. The second kappa shape index (κ2) is 8.28. The molecule has 0 aliphatic rings. The van der Waals surface area contributed by atoms with Gasteiger partial charge in [0, 0.05) is 18.7 Å². The Balaban J connectivity index is 2.07. The van der Waals surface area contributed by atoms with Gasteiger partial charge in [0.1, 0.15) is 0 Å². The lowest BCUT2D eigenvalue weighted by molar-refractivity contribution is 0.251. The van der Waals surface area contributed by atoms with Crippen LogP contribution in [0.2, 0.25) is 0 Å². The molecule has 0 atom stereocenters. The van der Waals surface area contributed by atoms with E-state index in [1.54, 1.807) is 12.1 Å². The molecule has 0 radical (unpaired) electrons. The van der Waals surface area contributed by atoms with Crippen LogP contribution in [0.3, 0.4) is 0 Å². The summed E-state index contributed by atoms with van der Waals surface area (Å²) in [7, 11) is 4.59. The number of methoxy groups -OCH3 is 3. The molecule has 0 saturated carbocycles. The van der Waals surface area contributed by atoms with Crippen molar-refractivity contribution in [1.29, 1.82) is 0 Å². The predicted octanol–water partition coefficient (Wildman–Crippen LogP) is 3.65. The lowest BCUT2D eigenvalue weighted by atomic mass is 10.1. The number of ether oxygens (including phenoxy) is 3. The molecule has 2 amide bonds. The van der Waals surface area contributed by atoms with Gasteiger partial charge in [-0.25, -0.2) is 4.79 Å². The fourth-order valence-corrected chi connectivity index (χ4v) is 2.68. The number of rotatable bonds is 6. The van der Waals surface area contributed by atoms with Crippen molar-refractivity contribution in [3.63, 3.8) is 0 Å². The highest BCUT2D eigenvalue weighted by molar-refractivity contribution is 5.90. The maximum atomic E-state index is 12.2. The SMILES string of the molecule is COc1cc(NC(=O)NCc2cc(C)cc(C)c2)cc(OC)c1OC. The van der Waals surface area contributed by atoms with E-state index < -0.39 is 0 Å². The normalized spacial score (nSPS) is 10.1. The van der Waals surface area contributed by atoms with Gasteiger partial charge in [-0.2, -0.15) is 0 Å². The molecular weight excluding hydrogens is 320 g/mol. The van der Waals surface area contributed by atoms with E-state index in [0.29, 0.717) is 29.5 Å². The molecule has 2 aromatic carbocycles. The van der Waals surface area contributed by atoms with E-state index in [1.807, 2.05) is 26.0 Å². The summed E-state index contributed by atoms with van der Waals surface area (Å²) in [4.78, 5) is 12.2. The molecule has 2 rings (SSSR count). The molecular formula is C19H24N2O4. The van der Waals surface area contributed by atoms with E-state index in [-0.39, 0.29) is 6.03 Å². The minimum atomic E-state index is -0.312. The number of aryl methyl sites for hydroxylation is 2. The minimum Gasteiger partial charge on any atom is -0.493 e. The van der Waals surface area contributed by atoms with Crippen molar-refractivity contribution in [3.8, 4) is 17.2 Å². The maximum Gasteiger partial charge on any atom is 0.319 e. The van der Waals surface area contributed by atoms with Gasteiger partial charge >= 0.3 is 6.03 Å². The monoisotopic (exact) mass is 344 g/mol. The fourth-order valence-electron chi connectivity index (χ4n) is 2.68. The van der Waals surface area contributed by atoms with Crippen molar-refractivity contribution >= 4 is 11.7 Å². The number of benzene rings is 2. The summed E-state index contributed by atoms with van der Waals surface area (Å²) in [5, 5.41) is 5.62. The average molecular weight is 344 g/mol. The largest absolute Gasteiger partial charge is 0.493 e. The van der Waals surface area contributed by atoms with Crippen molar-refractivity contribution in [2.24, 2.45) is 0 Å². The van der Waals surface area contributed by atoms with E-state index in [1.165, 1.54) is 32.5 Å². The van der Waals surface area contributed by atoms with Gasteiger partial charge in [0.05, 0.1) is 27.0 Å². The van der Waals surface area contributed by atoms with Crippen LogP contribution in [-0.2, 0) is 6.54 Å². The third-order valence-corrected chi connectivity index (χ3v) is 3.66. The zero-order chi connectivity index (χ0) is 18.4. The Bertz CT molecular complexity index is 714. The summed E-state index contributed by atoms with van der Waals surface area (Å²) in [6, 6.07) is 9.24.